The molecule has 3 aliphatic rings. The maximum absolute atomic E-state index is 14.2. The number of halogens is 6. The van der Waals surface area contributed by atoms with E-state index in [1.807, 2.05) is 6.08 Å². The van der Waals surface area contributed by atoms with E-state index in [1.165, 1.54) is 0 Å². The third-order valence-corrected chi connectivity index (χ3v) is 8.93. The molecule has 2 aliphatic heterocycles. The van der Waals surface area contributed by atoms with Gasteiger partial charge >= 0.3 is 24.4 Å². The number of nitrogens with one attached hydrogen (secondary N) is 2. The van der Waals surface area contributed by atoms with Crippen molar-refractivity contribution in [1.29, 1.82) is 0 Å². The lowest BCUT2D eigenvalue weighted by molar-refractivity contribution is -0.146. The number of alkyl halides is 6. The number of ether oxygens (including phenoxy) is 1. The van der Waals surface area contributed by atoms with Gasteiger partial charge in [-0.15, -0.1) is 10.2 Å². The standard InChI is InChI=1S/C32H37F6N7O6/c1-29(2,3)51-28(50)39-22-10-8-6-4-5-7-9-18-15-30(18,27(48)49)40-25(46)23-14-21(16-44(23)26(22)47)45-42-24(41-43-45)17-11-19(31(33,34)35)13-20(12-17)32(36,37)38/h7,9,11-13,18,21-23H,4-6,8,10,14-16H2,1-3H3,(H,39,50)(H,40,46)(H,48,49)/t18-,21-,22+,23+,30-/m1/s1. The van der Waals surface area contributed by atoms with Crippen molar-refractivity contribution in [1.82, 2.24) is 35.7 Å². The largest absolute Gasteiger partial charge is 0.479 e. The van der Waals surface area contributed by atoms with Crippen molar-refractivity contribution in [2.45, 2.75) is 107 Å². The second kappa shape index (κ2) is 13.8. The number of amides is 3. The maximum Gasteiger partial charge on any atom is 0.416 e. The predicted octanol–water partition coefficient (Wildman–Crippen LogP) is 4.89. The zero-order valence-corrected chi connectivity index (χ0v) is 27.8. The molecule has 3 amide bonds. The molecule has 5 atom stereocenters. The van der Waals surface area contributed by atoms with Gasteiger partial charge in [-0.05, 0) is 69.9 Å². The fourth-order valence-corrected chi connectivity index (χ4v) is 6.27. The average molecular weight is 730 g/mol. The normalized spacial score (nSPS) is 26.3. The number of carboxylic acids is 1. The van der Waals surface area contributed by atoms with Gasteiger partial charge in [0.1, 0.15) is 23.2 Å². The molecule has 1 aromatic heterocycles. The first kappa shape index (κ1) is 37.5. The summed E-state index contributed by atoms with van der Waals surface area (Å²) in [6.45, 7) is 4.61. The van der Waals surface area contributed by atoms with Crippen LogP contribution in [0.15, 0.2) is 30.4 Å². The molecule has 278 valence electrons. The van der Waals surface area contributed by atoms with Gasteiger partial charge < -0.3 is 25.4 Å². The highest BCUT2D eigenvalue weighted by Gasteiger charge is 2.61. The van der Waals surface area contributed by atoms with Gasteiger partial charge in [0.05, 0.1) is 17.2 Å². The number of hydrogen-bond acceptors (Lipinski definition) is 8. The lowest BCUT2D eigenvalue weighted by Gasteiger charge is -2.30. The number of carbonyl (C=O) groups is 4. The van der Waals surface area contributed by atoms with Crippen molar-refractivity contribution in [3.05, 3.63) is 41.5 Å². The van der Waals surface area contributed by atoms with E-state index in [2.05, 4.69) is 26.0 Å². The van der Waals surface area contributed by atoms with E-state index in [0.717, 1.165) is 9.70 Å². The monoisotopic (exact) mass is 729 g/mol. The van der Waals surface area contributed by atoms with Gasteiger partial charge in [0.2, 0.25) is 17.6 Å². The molecule has 1 aliphatic carbocycles. The number of benzene rings is 1. The summed E-state index contributed by atoms with van der Waals surface area (Å²) in [5, 5.41) is 26.8. The molecule has 0 spiro atoms. The summed E-state index contributed by atoms with van der Waals surface area (Å²) < 4.78 is 86.4. The summed E-state index contributed by atoms with van der Waals surface area (Å²) in [6.07, 6.45) is -4.96. The summed E-state index contributed by atoms with van der Waals surface area (Å²) in [6, 6.07) is -2.60. The summed E-state index contributed by atoms with van der Waals surface area (Å²) in [7, 11) is 0. The van der Waals surface area contributed by atoms with E-state index in [-0.39, 0.29) is 31.9 Å². The van der Waals surface area contributed by atoms with E-state index in [9.17, 15) is 50.6 Å². The summed E-state index contributed by atoms with van der Waals surface area (Å²) in [5.74, 6) is -3.85. The minimum atomic E-state index is -5.12. The molecule has 0 unspecified atom stereocenters. The maximum atomic E-state index is 14.2. The predicted molar refractivity (Wildman–Crippen MR) is 164 cm³/mol. The number of rotatable bonds is 4. The van der Waals surface area contributed by atoms with E-state index in [1.54, 1.807) is 26.8 Å². The number of tetrazole rings is 1. The number of fused-ring (bicyclic) bond motifs is 2. The minimum absolute atomic E-state index is 0.0355. The third-order valence-electron chi connectivity index (χ3n) is 8.93. The van der Waals surface area contributed by atoms with Crippen molar-refractivity contribution >= 4 is 23.9 Å². The van der Waals surface area contributed by atoms with Gasteiger partial charge in [0.25, 0.3) is 0 Å². The number of aromatic nitrogens is 4. The van der Waals surface area contributed by atoms with Crippen LogP contribution in [0.1, 0.15) is 82.9 Å². The molecular weight excluding hydrogens is 692 g/mol. The molecule has 3 N–H and O–H groups in total. The van der Waals surface area contributed by atoms with Crippen LogP contribution in [0.3, 0.4) is 0 Å². The number of carbonyl (C=O) groups excluding carboxylic acids is 3. The molecule has 1 aromatic carbocycles. The molecule has 0 bridgehead atoms. The molecule has 51 heavy (non-hydrogen) atoms. The number of carboxylic acid groups (broad SMARTS) is 1. The second-order valence-electron chi connectivity index (χ2n) is 14.0. The van der Waals surface area contributed by atoms with Crippen molar-refractivity contribution in [3.8, 4) is 11.4 Å². The number of allylic oxidation sites excluding steroid dienone is 1. The Bertz CT molecular complexity index is 1670. The van der Waals surface area contributed by atoms with Crippen LogP contribution in [0.25, 0.3) is 11.4 Å². The second-order valence-corrected chi connectivity index (χ2v) is 14.0. The van der Waals surface area contributed by atoms with Gasteiger partial charge in [0.15, 0.2) is 0 Å². The SMILES string of the molecule is CC(C)(C)OC(=O)N[C@H]1CCCCCC=C[C@@H]2C[C@@]2(C(=O)O)NC(=O)[C@@H]2C[C@@H](n3nnc(-c4cc(C(F)(F)F)cc(C(F)(F)F)c4)n3)CN2C1=O. The van der Waals surface area contributed by atoms with Crippen LogP contribution >= 0.6 is 0 Å². The zero-order chi connectivity index (χ0) is 37.5. The Morgan fingerprint density at radius 2 is 1.69 bits per heavy atom. The van der Waals surface area contributed by atoms with Crippen LogP contribution < -0.4 is 10.6 Å². The highest BCUT2D eigenvalue weighted by molar-refractivity contribution is 5.96. The topological polar surface area (TPSA) is 169 Å². The fraction of sp³-hybridized carbons (Fsp3) is 0.594. The van der Waals surface area contributed by atoms with Crippen molar-refractivity contribution in [2.75, 3.05) is 6.54 Å². The van der Waals surface area contributed by atoms with Crippen molar-refractivity contribution in [2.24, 2.45) is 5.92 Å². The Morgan fingerprint density at radius 1 is 1.02 bits per heavy atom. The molecule has 2 aromatic rings. The van der Waals surface area contributed by atoms with E-state index in [0.29, 0.717) is 37.8 Å². The Morgan fingerprint density at radius 3 is 2.29 bits per heavy atom. The third kappa shape index (κ3) is 8.61. The molecule has 0 radical (unpaired) electrons. The Hall–Kier alpha value is -4.71. The van der Waals surface area contributed by atoms with Crippen molar-refractivity contribution < 1.29 is 55.4 Å². The molecule has 3 heterocycles. The lowest BCUT2D eigenvalue weighted by atomic mass is 10.0. The highest BCUT2D eigenvalue weighted by atomic mass is 19.4. The summed E-state index contributed by atoms with van der Waals surface area (Å²) in [5.41, 5.74) is -6.30. The Labute approximate surface area is 287 Å². The first-order valence-corrected chi connectivity index (χ1v) is 16.3. The number of aliphatic carboxylic acids is 1. The minimum Gasteiger partial charge on any atom is -0.479 e. The Kier molecular flexibility index (Phi) is 10.1. The molecular formula is C32H37F6N7O6. The van der Waals surface area contributed by atoms with Gasteiger partial charge in [-0.25, -0.2) is 9.59 Å². The Balaban J connectivity index is 1.48. The summed E-state index contributed by atoms with van der Waals surface area (Å²) >= 11 is 0. The van der Waals surface area contributed by atoms with Crippen LogP contribution in [-0.2, 0) is 31.5 Å². The fourth-order valence-electron chi connectivity index (χ4n) is 6.27. The first-order valence-electron chi connectivity index (χ1n) is 16.3. The van der Waals surface area contributed by atoms with Crippen LogP contribution in [0.5, 0.6) is 0 Å². The molecule has 19 heteroatoms. The number of hydrogen-bond donors (Lipinski definition) is 3. The van der Waals surface area contributed by atoms with Gasteiger partial charge in [-0.2, -0.15) is 31.1 Å². The first-order chi connectivity index (χ1) is 23.7. The van der Waals surface area contributed by atoms with E-state index in [4.69, 9.17) is 4.74 Å². The van der Waals surface area contributed by atoms with Gasteiger partial charge in [0, 0.05) is 24.4 Å². The average Bonchev–Trinajstić information content (AvgIpc) is 3.33. The van der Waals surface area contributed by atoms with Crippen LogP contribution in [0.4, 0.5) is 31.1 Å². The zero-order valence-electron chi connectivity index (χ0n) is 27.8. The molecule has 1 saturated carbocycles. The smallest absolute Gasteiger partial charge is 0.416 e. The summed E-state index contributed by atoms with van der Waals surface area (Å²) in [4.78, 5) is 55.1. The number of alkyl carbamates (subject to hydrolysis) is 1. The molecule has 1 saturated heterocycles. The quantitative estimate of drug-likeness (QED) is 0.293. The van der Waals surface area contributed by atoms with Gasteiger partial charge in [-0.3, -0.25) is 9.59 Å². The van der Waals surface area contributed by atoms with Gasteiger partial charge in [-0.1, -0.05) is 25.0 Å². The van der Waals surface area contributed by atoms with E-state index < -0.39 is 93.9 Å². The lowest BCUT2D eigenvalue weighted by Crippen LogP contribution is -2.56. The molecule has 13 nitrogen and oxygen atoms in total. The van der Waals surface area contributed by atoms with Crippen molar-refractivity contribution in [3.63, 3.8) is 0 Å². The molecule has 2 fully saturated rings. The van der Waals surface area contributed by atoms with Crippen LogP contribution in [0.2, 0.25) is 0 Å². The van der Waals surface area contributed by atoms with E-state index >= 15 is 0 Å². The highest BCUT2D eigenvalue weighted by Crippen LogP contribution is 2.46. The molecule has 5 rings (SSSR count). The van der Waals surface area contributed by atoms with Crippen LogP contribution in [0, 0.1) is 5.92 Å². The van der Waals surface area contributed by atoms with Crippen LogP contribution in [-0.4, -0.2) is 83.9 Å². The number of nitrogens with zero attached hydrogens (tertiary/aromatic N) is 5.